The van der Waals surface area contributed by atoms with Crippen molar-refractivity contribution in [3.8, 4) is 11.1 Å². The third-order valence-electron chi connectivity index (χ3n) is 4.11. The summed E-state index contributed by atoms with van der Waals surface area (Å²) in [6, 6.07) is 6.45. The van der Waals surface area contributed by atoms with E-state index in [1.54, 1.807) is 11.3 Å². The van der Waals surface area contributed by atoms with E-state index in [0.29, 0.717) is 6.54 Å². The van der Waals surface area contributed by atoms with Gasteiger partial charge < -0.3 is 10.0 Å². The summed E-state index contributed by atoms with van der Waals surface area (Å²) in [5.41, 5.74) is 4.77. The van der Waals surface area contributed by atoms with Gasteiger partial charge in [-0.3, -0.25) is 0 Å². The second-order valence-electron chi connectivity index (χ2n) is 5.77. The summed E-state index contributed by atoms with van der Waals surface area (Å²) >= 11 is 7.70. The summed E-state index contributed by atoms with van der Waals surface area (Å²) in [4.78, 5) is 11.8. The molecule has 0 aliphatic heterocycles. The first kappa shape index (κ1) is 17.1. The summed E-state index contributed by atoms with van der Waals surface area (Å²) < 4.78 is 0. The molecule has 1 N–H and O–H groups in total. The highest BCUT2D eigenvalue weighted by atomic mass is 35.5. The van der Waals surface area contributed by atoms with Crippen LogP contribution in [0, 0.1) is 13.8 Å². The minimum atomic E-state index is 0.0694. The van der Waals surface area contributed by atoms with E-state index >= 15 is 0 Å². The van der Waals surface area contributed by atoms with Crippen LogP contribution in [0.2, 0.25) is 5.28 Å². The number of rotatable bonds is 5. The molecule has 0 spiro atoms. The Morgan fingerprint density at radius 1 is 1.21 bits per heavy atom. The van der Waals surface area contributed by atoms with Crippen LogP contribution in [0.25, 0.3) is 21.3 Å². The van der Waals surface area contributed by atoms with Crippen molar-refractivity contribution in [2.75, 3.05) is 24.6 Å². The number of benzene rings is 1. The third-order valence-corrected chi connectivity index (χ3v) is 5.15. The number of hydrogen-bond acceptors (Lipinski definition) is 5. The molecule has 4 nitrogen and oxygen atoms in total. The Morgan fingerprint density at radius 3 is 2.67 bits per heavy atom. The molecule has 0 aliphatic rings. The topological polar surface area (TPSA) is 49.2 Å². The van der Waals surface area contributed by atoms with Crippen LogP contribution >= 0.6 is 22.9 Å². The van der Waals surface area contributed by atoms with Gasteiger partial charge in [-0.2, -0.15) is 4.98 Å². The normalized spacial score (nSPS) is 11.2. The number of halogens is 1. The van der Waals surface area contributed by atoms with Crippen LogP contribution in [0.15, 0.2) is 23.6 Å². The van der Waals surface area contributed by atoms with Crippen LogP contribution in [0.3, 0.4) is 0 Å². The molecule has 24 heavy (non-hydrogen) atoms. The molecule has 0 atom stereocenters. The van der Waals surface area contributed by atoms with Crippen LogP contribution in [-0.4, -0.2) is 34.8 Å². The van der Waals surface area contributed by atoms with Crippen molar-refractivity contribution < 1.29 is 5.11 Å². The number of aromatic nitrogens is 2. The zero-order valence-electron chi connectivity index (χ0n) is 14.0. The average molecular weight is 362 g/mol. The van der Waals surface area contributed by atoms with Crippen molar-refractivity contribution in [1.29, 1.82) is 0 Å². The van der Waals surface area contributed by atoms with Gasteiger partial charge in [-0.05, 0) is 43.5 Å². The third kappa shape index (κ3) is 3.11. The molecule has 0 amide bonds. The maximum Gasteiger partial charge on any atom is 0.225 e. The van der Waals surface area contributed by atoms with Crippen molar-refractivity contribution in [3.63, 3.8) is 0 Å². The number of likely N-dealkylation sites (N-methyl/N-ethyl adjacent to an activating group) is 1. The highest BCUT2D eigenvalue weighted by Crippen LogP contribution is 2.40. The second kappa shape index (κ2) is 7.05. The molecule has 0 unspecified atom stereocenters. The number of nitrogens with zero attached hydrogens (tertiary/aromatic N) is 3. The van der Waals surface area contributed by atoms with E-state index in [0.717, 1.165) is 28.1 Å². The van der Waals surface area contributed by atoms with E-state index in [-0.39, 0.29) is 11.9 Å². The Kier molecular flexibility index (Phi) is 5.04. The lowest BCUT2D eigenvalue weighted by Crippen LogP contribution is -2.27. The average Bonchev–Trinajstić information content (AvgIpc) is 2.95. The van der Waals surface area contributed by atoms with Crippen molar-refractivity contribution in [3.05, 3.63) is 40.0 Å². The van der Waals surface area contributed by atoms with Crippen molar-refractivity contribution in [1.82, 2.24) is 9.97 Å². The molecular formula is C18H20ClN3OS. The van der Waals surface area contributed by atoms with E-state index in [9.17, 15) is 5.11 Å². The Labute approximate surface area is 150 Å². The molecule has 2 aromatic heterocycles. The first-order valence-electron chi connectivity index (χ1n) is 7.93. The van der Waals surface area contributed by atoms with Gasteiger partial charge >= 0.3 is 0 Å². The molecule has 0 bridgehead atoms. The number of hydrogen-bond donors (Lipinski definition) is 1. The molecule has 0 fully saturated rings. The highest BCUT2D eigenvalue weighted by Gasteiger charge is 2.19. The zero-order chi connectivity index (χ0) is 17.3. The quantitative estimate of drug-likeness (QED) is 0.682. The van der Waals surface area contributed by atoms with Gasteiger partial charge in [-0.15, -0.1) is 11.3 Å². The van der Waals surface area contributed by atoms with Crippen molar-refractivity contribution in [2.24, 2.45) is 0 Å². The van der Waals surface area contributed by atoms with E-state index in [1.807, 2.05) is 11.8 Å². The number of thiophene rings is 1. The molecular weight excluding hydrogens is 342 g/mol. The van der Waals surface area contributed by atoms with Crippen LogP contribution < -0.4 is 4.90 Å². The summed E-state index contributed by atoms with van der Waals surface area (Å²) in [5, 5.41) is 12.7. The lowest BCUT2D eigenvalue weighted by molar-refractivity contribution is 0.302. The smallest absolute Gasteiger partial charge is 0.225 e. The molecule has 0 saturated carbocycles. The predicted octanol–water partition coefficient (Wildman–Crippen LogP) is 4.45. The fourth-order valence-corrected chi connectivity index (χ4v) is 4.12. The Morgan fingerprint density at radius 2 is 2.00 bits per heavy atom. The fourth-order valence-electron chi connectivity index (χ4n) is 2.98. The van der Waals surface area contributed by atoms with E-state index in [1.165, 1.54) is 16.7 Å². The van der Waals surface area contributed by atoms with Gasteiger partial charge in [0.05, 0.1) is 12.0 Å². The first-order chi connectivity index (χ1) is 11.5. The summed E-state index contributed by atoms with van der Waals surface area (Å²) in [5.74, 6) is 0.790. The molecule has 126 valence electrons. The van der Waals surface area contributed by atoms with Gasteiger partial charge in [0.2, 0.25) is 5.28 Å². The van der Waals surface area contributed by atoms with Crippen LogP contribution in [0.4, 0.5) is 5.82 Å². The number of fused-ring (bicyclic) bond motifs is 1. The standard InChI is InChI=1S/C18H20ClN3OS/c1-4-22(7-8-23)16-15-14(10-24-17(15)21-18(19)20-16)13-6-5-11(2)9-12(13)3/h5-6,9-10,23H,4,7-8H2,1-3H3. The second-order valence-corrected chi connectivity index (χ2v) is 6.96. The minimum Gasteiger partial charge on any atom is -0.395 e. The van der Waals surface area contributed by atoms with Crippen LogP contribution in [0.1, 0.15) is 18.1 Å². The first-order valence-corrected chi connectivity index (χ1v) is 9.19. The molecule has 6 heteroatoms. The molecule has 3 rings (SSSR count). The monoisotopic (exact) mass is 361 g/mol. The minimum absolute atomic E-state index is 0.0694. The summed E-state index contributed by atoms with van der Waals surface area (Å²) in [7, 11) is 0. The largest absolute Gasteiger partial charge is 0.395 e. The molecule has 1 aromatic carbocycles. The lowest BCUT2D eigenvalue weighted by Gasteiger charge is -2.22. The molecule has 2 heterocycles. The van der Waals surface area contributed by atoms with E-state index in [2.05, 4.69) is 47.4 Å². The van der Waals surface area contributed by atoms with Gasteiger partial charge in [0.1, 0.15) is 10.6 Å². The molecule has 3 aromatic rings. The van der Waals surface area contributed by atoms with Gasteiger partial charge in [0.25, 0.3) is 0 Å². The predicted molar refractivity (Wildman–Crippen MR) is 102 cm³/mol. The Bertz CT molecular complexity index is 878. The Hall–Kier alpha value is -1.69. The van der Waals surface area contributed by atoms with Crippen LogP contribution in [0.5, 0.6) is 0 Å². The lowest BCUT2D eigenvalue weighted by atomic mass is 9.99. The number of aryl methyl sites for hydroxylation is 2. The number of aliphatic hydroxyl groups is 1. The maximum atomic E-state index is 9.37. The fraction of sp³-hybridized carbons (Fsp3) is 0.333. The number of aliphatic hydroxyl groups excluding tert-OH is 1. The SMILES string of the molecule is CCN(CCO)c1nc(Cl)nc2scc(-c3ccc(C)cc3C)c12. The maximum absolute atomic E-state index is 9.37. The van der Waals surface area contributed by atoms with E-state index in [4.69, 9.17) is 11.6 Å². The summed E-state index contributed by atoms with van der Waals surface area (Å²) in [6.45, 7) is 7.58. The van der Waals surface area contributed by atoms with Gasteiger partial charge in [0, 0.05) is 24.0 Å². The number of anilines is 1. The molecule has 0 radical (unpaired) electrons. The molecule has 0 saturated heterocycles. The molecule has 0 aliphatic carbocycles. The zero-order valence-corrected chi connectivity index (χ0v) is 15.6. The van der Waals surface area contributed by atoms with E-state index < -0.39 is 0 Å². The van der Waals surface area contributed by atoms with Gasteiger partial charge in [-0.1, -0.05) is 23.8 Å². The van der Waals surface area contributed by atoms with Gasteiger partial charge in [0.15, 0.2) is 0 Å². The van der Waals surface area contributed by atoms with Crippen LogP contribution in [-0.2, 0) is 0 Å². The van der Waals surface area contributed by atoms with Gasteiger partial charge in [-0.25, -0.2) is 4.98 Å². The Balaban J connectivity index is 2.27. The van der Waals surface area contributed by atoms with Crippen molar-refractivity contribution in [2.45, 2.75) is 20.8 Å². The summed E-state index contributed by atoms with van der Waals surface area (Å²) in [6.07, 6.45) is 0. The van der Waals surface area contributed by atoms with Crippen molar-refractivity contribution >= 4 is 39.0 Å². The highest BCUT2D eigenvalue weighted by molar-refractivity contribution is 7.17.